The fourth-order valence-electron chi connectivity index (χ4n) is 2.09. The van der Waals surface area contributed by atoms with Crippen LogP contribution in [0.4, 0.5) is 5.69 Å². The molecule has 0 aromatic heterocycles. The Balaban J connectivity index is 2.75. The quantitative estimate of drug-likeness (QED) is 0.708. The number of aliphatic carboxylic acids is 1. The molecule has 0 aliphatic rings. The van der Waals surface area contributed by atoms with E-state index in [1.165, 1.54) is 0 Å². The Morgan fingerprint density at radius 1 is 1.19 bits per heavy atom. The van der Waals surface area contributed by atoms with E-state index < -0.39 is 17.3 Å². The fraction of sp³-hybridized carbons (Fsp3) is 0.400. The standard InChI is InChI=1S/C15H20N2O4/c1-15(2,9-14(20)21)8-13(19)17-11-6-4-3-5-10(11)7-12(16)18/h3-6H,7-9H2,1-2H3,(H2,16,18)(H,17,19)(H,20,21). The van der Waals surface area contributed by atoms with Gasteiger partial charge in [0.2, 0.25) is 11.8 Å². The van der Waals surface area contributed by atoms with Gasteiger partial charge in [-0.3, -0.25) is 14.4 Å². The molecule has 114 valence electrons. The van der Waals surface area contributed by atoms with E-state index in [2.05, 4.69) is 5.32 Å². The molecule has 4 N–H and O–H groups in total. The lowest BCUT2D eigenvalue weighted by atomic mass is 9.85. The van der Waals surface area contributed by atoms with Crippen molar-refractivity contribution in [1.29, 1.82) is 0 Å². The van der Waals surface area contributed by atoms with Gasteiger partial charge in [0.1, 0.15) is 0 Å². The Bertz CT molecular complexity index is 552. The first-order valence-electron chi connectivity index (χ1n) is 6.57. The molecule has 0 saturated carbocycles. The number of amides is 2. The van der Waals surface area contributed by atoms with Crippen LogP contribution < -0.4 is 11.1 Å². The fourth-order valence-corrected chi connectivity index (χ4v) is 2.09. The third-order valence-corrected chi connectivity index (χ3v) is 2.93. The largest absolute Gasteiger partial charge is 0.481 e. The van der Waals surface area contributed by atoms with Gasteiger partial charge in [-0.15, -0.1) is 0 Å². The van der Waals surface area contributed by atoms with E-state index in [1.54, 1.807) is 38.1 Å². The molecule has 0 aliphatic carbocycles. The molecule has 2 amide bonds. The number of nitrogens with one attached hydrogen (secondary N) is 1. The molecule has 21 heavy (non-hydrogen) atoms. The molecule has 0 heterocycles. The monoisotopic (exact) mass is 292 g/mol. The van der Waals surface area contributed by atoms with E-state index in [9.17, 15) is 14.4 Å². The van der Waals surface area contributed by atoms with E-state index in [-0.39, 0.29) is 25.2 Å². The van der Waals surface area contributed by atoms with Crippen LogP contribution in [0.5, 0.6) is 0 Å². The van der Waals surface area contributed by atoms with Crippen LogP contribution >= 0.6 is 0 Å². The molecule has 0 bridgehead atoms. The van der Waals surface area contributed by atoms with E-state index in [0.29, 0.717) is 11.3 Å². The third kappa shape index (κ3) is 6.07. The first kappa shape index (κ1) is 16.7. The first-order valence-corrected chi connectivity index (χ1v) is 6.57. The molecule has 0 spiro atoms. The van der Waals surface area contributed by atoms with Gasteiger partial charge in [-0.1, -0.05) is 32.0 Å². The van der Waals surface area contributed by atoms with Crippen molar-refractivity contribution >= 4 is 23.5 Å². The second-order valence-corrected chi connectivity index (χ2v) is 5.76. The molecule has 1 aromatic carbocycles. The highest BCUT2D eigenvalue weighted by atomic mass is 16.4. The zero-order chi connectivity index (χ0) is 16.0. The minimum absolute atomic E-state index is 0.0367. The smallest absolute Gasteiger partial charge is 0.303 e. The number of nitrogens with two attached hydrogens (primary N) is 1. The van der Waals surface area contributed by atoms with Gasteiger partial charge in [-0.05, 0) is 17.0 Å². The lowest BCUT2D eigenvalue weighted by Crippen LogP contribution is -2.25. The summed E-state index contributed by atoms with van der Waals surface area (Å²) < 4.78 is 0. The third-order valence-electron chi connectivity index (χ3n) is 2.93. The minimum Gasteiger partial charge on any atom is -0.481 e. The normalized spacial score (nSPS) is 11.0. The van der Waals surface area contributed by atoms with Crippen molar-refractivity contribution in [1.82, 2.24) is 0 Å². The van der Waals surface area contributed by atoms with Crippen molar-refractivity contribution < 1.29 is 19.5 Å². The lowest BCUT2D eigenvalue weighted by molar-refractivity contribution is -0.139. The number of hydrogen-bond acceptors (Lipinski definition) is 3. The first-order chi connectivity index (χ1) is 9.69. The summed E-state index contributed by atoms with van der Waals surface area (Å²) in [6, 6.07) is 6.88. The van der Waals surface area contributed by atoms with E-state index in [4.69, 9.17) is 10.8 Å². The SMILES string of the molecule is CC(C)(CC(=O)O)CC(=O)Nc1ccccc1CC(N)=O. The zero-order valence-corrected chi connectivity index (χ0v) is 12.2. The predicted octanol–water partition coefficient (Wildman–Crippen LogP) is 1.54. The van der Waals surface area contributed by atoms with Gasteiger partial charge in [-0.25, -0.2) is 0 Å². The average molecular weight is 292 g/mol. The average Bonchev–Trinajstić information content (AvgIpc) is 2.28. The molecule has 0 atom stereocenters. The van der Waals surface area contributed by atoms with E-state index in [1.807, 2.05) is 0 Å². The maximum Gasteiger partial charge on any atom is 0.303 e. The van der Waals surface area contributed by atoms with Crippen LogP contribution in [0.15, 0.2) is 24.3 Å². The summed E-state index contributed by atoms with van der Waals surface area (Å²) in [5.41, 5.74) is 5.67. The predicted molar refractivity (Wildman–Crippen MR) is 78.6 cm³/mol. The second kappa shape index (κ2) is 6.88. The van der Waals surface area contributed by atoms with Gasteiger partial charge < -0.3 is 16.2 Å². The molecule has 1 rings (SSSR count). The summed E-state index contributed by atoms with van der Waals surface area (Å²) in [5, 5.41) is 11.5. The van der Waals surface area contributed by atoms with Crippen molar-refractivity contribution in [3.63, 3.8) is 0 Å². The lowest BCUT2D eigenvalue weighted by Gasteiger charge is -2.21. The minimum atomic E-state index is -0.943. The summed E-state index contributed by atoms with van der Waals surface area (Å²) in [6.45, 7) is 3.44. The number of rotatable bonds is 7. The number of carboxylic acids is 1. The molecule has 6 heteroatoms. The number of carboxylic acid groups (broad SMARTS) is 1. The van der Waals surface area contributed by atoms with Crippen molar-refractivity contribution in [3.8, 4) is 0 Å². The number of primary amides is 1. The maximum absolute atomic E-state index is 12.0. The highest BCUT2D eigenvalue weighted by Gasteiger charge is 2.25. The van der Waals surface area contributed by atoms with Crippen LogP contribution in [0.25, 0.3) is 0 Å². The highest BCUT2D eigenvalue weighted by Crippen LogP contribution is 2.26. The molecule has 6 nitrogen and oxygen atoms in total. The van der Waals surface area contributed by atoms with Crippen LogP contribution in [0, 0.1) is 5.41 Å². The molecule has 1 aromatic rings. The number of benzene rings is 1. The van der Waals surface area contributed by atoms with Crippen LogP contribution in [-0.2, 0) is 20.8 Å². The van der Waals surface area contributed by atoms with Gasteiger partial charge in [-0.2, -0.15) is 0 Å². The van der Waals surface area contributed by atoms with Crippen molar-refractivity contribution in [2.45, 2.75) is 33.1 Å². The number of para-hydroxylation sites is 1. The summed E-state index contributed by atoms with van der Waals surface area (Å²) in [4.78, 5) is 33.8. The Hall–Kier alpha value is -2.37. The van der Waals surface area contributed by atoms with Crippen LogP contribution in [-0.4, -0.2) is 22.9 Å². The summed E-state index contributed by atoms with van der Waals surface area (Å²) in [7, 11) is 0. The second-order valence-electron chi connectivity index (χ2n) is 5.76. The van der Waals surface area contributed by atoms with Crippen LogP contribution in [0.2, 0.25) is 0 Å². The number of carbonyl (C=O) groups excluding carboxylic acids is 2. The molecule has 0 aliphatic heterocycles. The van der Waals surface area contributed by atoms with Gasteiger partial charge in [0.25, 0.3) is 0 Å². The Kier molecular flexibility index (Phi) is 5.46. The van der Waals surface area contributed by atoms with Crippen molar-refractivity contribution in [2.24, 2.45) is 11.1 Å². The van der Waals surface area contributed by atoms with Crippen LogP contribution in [0.1, 0.15) is 32.3 Å². The molecular weight excluding hydrogens is 272 g/mol. The summed E-state index contributed by atoms with van der Waals surface area (Å²) >= 11 is 0. The Morgan fingerprint density at radius 2 is 1.81 bits per heavy atom. The molecule has 0 saturated heterocycles. The van der Waals surface area contributed by atoms with Gasteiger partial charge >= 0.3 is 5.97 Å². The van der Waals surface area contributed by atoms with Crippen molar-refractivity contribution in [2.75, 3.05) is 5.32 Å². The van der Waals surface area contributed by atoms with Crippen LogP contribution in [0.3, 0.4) is 0 Å². The summed E-state index contributed by atoms with van der Waals surface area (Å²) in [5.74, 6) is -1.72. The highest BCUT2D eigenvalue weighted by molar-refractivity contribution is 5.93. The topological polar surface area (TPSA) is 109 Å². The summed E-state index contributed by atoms with van der Waals surface area (Å²) in [6.07, 6.45) is 0.0164. The number of hydrogen-bond donors (Lipinski definition) is 3. The molecular formula is C15H20N2O4. The van der Waals surface area contributed by atoms with Gasteiger partial charge in [0.15, 0.2) is 0 Å². The Morgan fingerprint density at radius 3 is 2.38 bits per heavy atom. The van der Waals surface area contributed by atoms with E-state index >= 15 is 0 Å². The molecule has 0 radical (unpaired) electrons. The molecule has 0 unspecified atom stereocenters. The van der Waals surface area contributed by atoms with E-state index in [0.717, 1.165) is 0 Å². The number of anilines is 1. The zero-order valence-electron chi connectivity index (χ0n) is 12.2. The maximum atomic E-state index is 12.0. The van der Waals surface area contributed by atoms with Crippen molar-refractivity contribution in [3.05, 3.63) is 29.8 Å². The Labute approximate surface area is 123 Å². The molecule has 0 fully saturated rings. The van der Waals surface area contributed by atoms with Gasteiger partial charge in [0, 0.05) is 12.1 Å². The number of carbonyl (C=O) groups is 3. The van der Waals surface area contributed by atoms with Gasteiger partial charge in [0.05, 0.1) is 12.8 Å².